The van der Waals surface area contributed by atoms with Crippen LogP contribution < -0.4 is 9.47 Å². The predicted octanol–water partition coefficient (Wildman–Crippen LogP) is 4.74. The zero-order chi connectivity index (χ0) is 18.1. The molecule has 0 bridgehead atoms. The van der Waals surface area contributed by atoms with Crippen molar-refractivity contribution >= 4 is 34.2 Å². The molecule has 2 aromatic heterocycles. The van der Waals surface area contributed by atoms with E-state index in [-0.39, 0.29) is 12.4 Å². The van der Waals surface area contributed by atoms with E-state index in [1.54, 1.807) is 7.11 Å². The molecule has 2 heterocycles. The van der Waals surface area contributed by atoms with Crippen molar-refractivity contribution in [1.82, 2.24) is 14.9 Å². The van der Waals surface area contributed by atoms with Gasteiger partial charge in [-0.05, 0) is 45.5 Å². The first-order valence-electron chi connectivity index (χ1n) is 9.43. The van der Waals surface area contributed by atoms with E-state index in [4.69, 9.17) is 14.5 Å². The number of H-pyrrole nitrogens is 1. The summed E-state index contributed by atoms with van der Waals surface area (Å²) in [6.45, 7) is 1.68. The normalized spacial score (nSPS) is 14.4. The number of methoxy groups -OCH3 is 1. The highest BCUT2D eigenvalue weighted by molar-refractivity contribution is 6.09. The highest BCUT2D eigenvalue weighted by atomic mass is 35.5. The fourth-order valence-corrected chi connectivity index (χ4v) is 3.71. The van der Waals surface area contributed by atoms with Crippen LogP contribution in [0, 0.1) is 0 Å². The molecule has 1 aliphatic carbocycles. The topological polar surface area (TPSA) is 50.4 Å². The van der Waals surface area contributed by atoms with Gasteiger partial charge in [0.15, 0.2) is 11.5 Å². The van der Waals surface area contributed by atoms with Gasteiger partial charge in [0.05, 0.1) is 24.9 Å². The van der Waals surface area contributed by atoms with Gasteiger partial charge >= 0.3 is 0 Å². The quantitative estimate of drug-likeness (QED) is 0.593. The number of rotatable bonds is 7. The van der Waals surface area contributed by atoms with Gasteiger partial charge in [0.1, 0.15) is 0 Å². The van der Waals surface area contributed by atoms with Crippen LogP contribution in [0.1, 0.15) is 37.3 Å². The summed E-state index contributed by atoms with van der Waals surface area (Å²) in [5.74, 6) is 2.17. The molecule has 1 fully saturated rings. The van der Waals surface area contributed by atoms with Crippen molar-refractivity contribution < 1.29 is 9.47 Å². The summed E-state index contributed by atoms with van der Waals surface area (Å²) in [6.07, 6.45) is 6.68. The Labute approximate surface area is 166 Å². The number of nitrogens with zero attached hydrogens (tertiary/aromatic N) is 2. The van der Waals surface area contributed by atoms with Gasteiger partial charge in [-0.3, -0.25) is 4.98 Å². The second-order valence-electron chi connectivity index (χ2n) is 7.43. The zero-order valence-electron chi connectivity index (χ0n) is 16.2. The third kappa shape index (κ3) is 3.85. The highest BCUT2D eigenvalue weighted by Gasteiger charge is 2.24. The minimum atomic E-state index is 0. The minimum Gasteiger partial charge on any atom is -0.493 e. The second-order valence-corrected chi connectivity index (χ2v) is 7.43. The van der Waals surface area contributed by atoms with E-state index < -0.39 is 0 Å². The number of fused-ring (bicyclic) bond motifs is 3. The molecule has 146 valence electrons. The Bertz CT molecular complexity index is 919. The van der Waals surface area contributed by atoms with E-state index in [9.17, 15) is 0 Å². The fourth-order valence-electron chi connectivity index (χ4n) is 3.71. The van der Waals surface area contributed by atoms with Crippen LogP contribution in [0.2, 0.25) is 0 Å². The van der Waals surface area contributed by atoms with Crippen molar-refractivity contribution in [2.75, 3.05) is 34.4 Å². The number of pyridine rings is 1. The first-order chi connectivity index (χ1) is 12.7. The van der Waals surface area contributed by atoms with Crippen LogP contribution in [0.15, 0.2) is 24.4 Å². The Morgan fingerprint density at radius 3 is 2.67 bits per heavy atom. The standard InChI is InChI=1S/C21H27N3O2.ClH/c1-24(2)10-5-11-26-19-13-17-15(12-18(19)25-3)20-16(23-17)8-9-22-21(20)14-6-4-7-14;/h8-9,12-14,23H,4-7,10-11H2,1-3H3;1H. The third-order valence-electron chi connectivity index (χ3n) is 5.32. The fraction of sp³-hybridized carbons (Fsp3) is 0.476. The second kappa shape index (κ2) is 8.36. The van der Waals surface area contributed by atoms with Crippen LogP contribution >= 0.6 is 12.4 Å². The van der Waals surface area contributed by atoms with E-state index in [1.807, 2.05) is 6.20 Å². The minimum absolute atomic E-state index is 0. The summed E-state index contributed by atoms with van der Waals surface area (Å²) in [4.78, 5) is 10.4. The van der Waals surface area contributed by atoms with Crippen molar-refractivity contribution in [3.8, 4) is 11.5 Å². The smallest absolute Gasteiger partial charge is 0.163 e. The number of hydrogen-bond acceptors (Lipinski definition) is 4. The third-order valence-corrected chi connectivity index (χ3v) is 5.32. The number of nitrogens with one attached hydrogen (secondary N) is 1. The number of aromatic nitrogens is 2. The van der Waals surface area contributed by atoms with Gasteiger partial charge < -0.3 is 19.4 Å². The lowest BCUT2D eigenvalue weighted by atomic mass is 9.81. The maximum Gasteiger partial charge on any atom is 0.163 e. The van der Waals surface area contributed by atoms with Crippen molar-refractivity contribution in [2.24, 2.45) is 0 Å². The molecule has 0 unspecified atom stereocenters. The average Bonchev–Trinajstić information content (AvgIpc) is 2.94. The summed E-state index contributed by atoms with van der Waals surface area (Å²) < 4.78 is 11.6. The monoisotopic (exact) mass is 389 g/mol. The lowest BCUT2D eigenvalue weighted by Crippen LogP contribution is -2.15. The van der Waals surface area contributed by atoms with Gasteiger partial charge in [-0.1, -0.05) is 6.42 Å². The van der Waals surface area contributed by atoms with Gasteiger partial charge in [0, 0.05) is 41.0 Å². The Hall–Kier alpha value is -1.98. The van der Waals surface area contributed by atoms with Crippen molar-refractivity contribution in [3.63, 3.8) is 0 Å². The van der Waals surface area contributed by atoms with Gasteiger partial charge in [-0.2, -0.15) is 0 Å². The average molecular weight is 390 g/mol. The molecular weight excluding hydrogens is 362 g/mol. The van der Waals surface area contributed by atoms with E-state index in [1.165, 1.54) is 35.7 Å². The van der Waals surface area contributed by atoms with E-state index in [0.29, 0.717) is 12.5 Å². The largest absolute Gasteiger partial charge is 0.493 e. The van der Waals surface area contributed by atoms with Crippen LogP contribution in [0.5, 0.6) is 11.5 Å². The summed E-state index contributed by atoms with van der Waals surface area (Å²) in [5, 5.41) is 2.41. The van der Waals surface area contributed by atoms with Gasteiger partial charge in [-0.25, -0.2) is 0 Å². The van der Waals surface area contributed by atoms with Crippen LogP contribution in [-0.4, -0.2) is 49.2 Å². The molecule has 0 saturated heterocycles. The van der Waals surface area contributed by atoms with Gasteiger partial charge in [0.2, 0.25) is 0 Å². The molecule has 0 amide bonds. The van der Waals surface area contributed by atoms with Crippen LogP contribution in [0.3, 0.4) is 0 Å². The molecule has 0 atom stereocenters. The Balaban J connectivity index is 0.00000210. The van der Waals surface area contributed by atoms with E-state index >= 15 is 0 Å². The lowest BCUT2D eigenvalue weighted by Gasteiger charge is -2.25. The van der Waals surface area contributed by atoms with Crippen molar-refractivity contribution in [2.45, 2.75) is 31.6 Å². The summed E-state index contributed by atoms with van der Waals surface area (Å²) in [5.41, 5.74) is 3.45. The Kier molecular flexibility index (Phi) is 6.12. The highest BCUT2D eigenvalue weighted by Crippen LogP contribution is 2.42. The molecule has 4 rings (SSSR count). The SMILES string of the molecule is COc1cc2c(cc1OCCCN(C)C)[nH]c1ccnc(C3CCC3)c12.Cl. The lowest BCUT2D eigenvalue weighted by molar-refractivity contribution is 0.268. The molecular formula is C21H28ClN3O2. The predicted molar refractivity (Wildman–Crippen MR) is 113 cm³/mol. The molecule has 6 heteroatoms. The molecule has 1 N–H and O–H groups in total. The number of ether oxygens (including phenoxy) is 2. The van der Waals surface area contributed by atoms with Crippen LogP contribution in [0.25, 0.3) is 21.8 Å². The molecule has 1 saturated carbocycles. The molecule has 0 radical (unpaired) electrons. The Morgan fingerprint density at radius 1 is 1.19 bits per heavy atom. The molecule has 0 spiro atoms. The number of halogens is 1. The Morgan fingerprint density at radius 2 is 2.00 bits per heavy atom. The number of hydrogen-bond donors (Lipinski definition) is 1. The molecule has 1 aromatic carbocycles. The maximum absolute atomic E-state index is 6.01. The van der Waals surface area contributed by atoms with E-state index in [2.05, 4.69) is 42.2 Å². The summed E-state index contributed by atoms with van der Waals surface area (Å²) >= 11 is 0. The molecule has 3 aromatic rings. The molecule has 0 aliphatic heterocycles. The first kappa shape index (κ1) is 19.8. The molecule has 5 nitrogen and oxygen atoms in total. The molecule has 27 heavy (non-hydrogen) atoms. The number of aromatic amines is 1. The molecule has 1 aliphatic rings. The van der Waals surface area contributed by atoms with E-state index in [0.717, 1.165) is 35.5 Å². The van der Waals surface area contributed by atoms with Crippen molar-refractivity contribution in [1.29, 1.82) is 0 Å². The van der Waals surface area contributed by atoms with Crippen molar-refractivity contribution in [3.05, 3.63) is 30.1 Å². The zero-order valence-corrected chi connectivity index (χ0v) is 17.1. The maximum atomic E-state index is 6.01. The first-order valence-corrected chi connectivity index (χ1v) is 9.43. The van der Waals surface area contributed by atoms with Gasteiger partial charge in [0.25, 0.3) is 0 Å². The van der Waals surface area contributed by atoms with Crippen LogP contribution in [-0.2, 0) is 0 Å². The van der Waals surface area contributed by atoms with Crippen LogP contribution in [0.4, 0.5) is 0 Å². The number of benzene rings is 1. The summed E-state index contributed by atoms with van der Waals surface area (Å²) in [6, 6.07) is 6.22. The van der Waals surface area contributed by atoms with Gasteiger partial charge in [-0.15, -0.1) is 12.4 Å². The summed E-state index contributed by atoms with van der Waals surface area (Å²) in [7, 11) is 5.85.